The number of carbonyl (C=O) groups excluding carboxylic acids is 4. The van der Waals surface area contributed by atoms with Crippen molar-refractivity contribution in [2.75, 3.05) is 6.54 Å². The van der Waals surface area contributed by atoms with Crippen molar-refractivity contribution in [1.29, 1.82) is 0 Å². The van der Waals surface area contributed by atoms with Gasteiger partial charge in [0.1, 0.15) is 0 Å². The monoisotopic (exact) mass is 310 g/mol. The first kappa shape index (κ1) is 15.0. The SMILES string of the molecule is O=C(CNC(=O)c1cccs1)NNC(=O)C(=O)NC1CC1. The molecule has 8 nitrogen and oxygen atoms in total. The summed E-state index contributed by atoms with van der Waals surface area (Å²) in [6, 6.07) is 3.41. The van der Waals surface area contributed by atoms with Crippen LogP contribution < -0.4 is 21.5 Å². The van der Waals surface area contributed by atoms with Gasteiger partial charge in [-0.05, 0) is 24.3 Å². The van der Waals surface area contributed by atoms with Crippen LogP contribution in [0.4, 0.5) is 0 Å². The number of rotatable bonds is 4. The molecule has 1 aliphatic rings. The van der Waals surface area contributed by atoms with Crippen LogP contribution in [-0.4, -0.2) is 36.2 Å². The minimum atomic E-state index is -0.945. The minimum absolute atomic E-state index is 0.0593. The van der Waals surface area contributed by atoms with E-state index in [0.717, 1.165) is 12.8 Å². The van der Waals surface area contributed by atoms with E-state index >= 15 is 0 Å². The lowest BCUT2D eigenvalue weighted by Gasteiger charge is -2.08. The zero-order valence-electron chi connectivity index (χ0n) is 11.0. The van der Waals surface area contributed by atoms with E-state index in [1.165, 1.54) is 11.3 Å². The summed E-state index contributed by atoms with van der Waals surface area (Å²) in [5.41, 5.74) is 4.02. The average molecular weight is 310 g/mol. The molecule has 1 aromatic rings. The fourth-order valence-corrected chi connectivity index (χ4v) is 2.00. The molecular formula is C12H14N4O4S. The minimum Gasteiger partial charge on any atom is -0.345 e. The van der Waals surface area contributed by atoms with Gasteiger partial charge in [-0.3, -0.25) is 30.0 Å². The molecule has 1 saturated carbocycles. The molecule has 4 amide bonds. The lowest BCUT2D eigenvalue weighted by Crippen LogP contribution is -2.51. The number of thiophene rings is 1. The first-order chi connectivity index (χ1) is 10.1. The molecule has 0 spiro atoms. The van der Waals surface area contributed by atoms with Crippen LogP contribution in [0.5, 0.6) is 0 Å². The molecule has 4 N–H and O–H groups in total. The lowest BCUT2D eigenvalue weighted by molar-refractivity contribution is -0.140. The third-order valence-electron chi connectivity index (χ3n) is 2.59. The van der Waals surface area contributed by atoms with Gasteiger partial charge in [0, 0.05) is 6.04 Å². The second-order valence-electron chi connectivity index (χ2n) is 4.41. The van der Waals surface area contributed by atoms with E-state index in [2.05, 4.69) is 10.6 Å². The molecule has 0 radical (unpaired) electrons. The molecule has 1 heterocycles. The van der Waals surface area contributed by atoms with Crippen LogP contribution in [0.15, 0.2) is 17.5 Å². The van der Waals surface area contributed by atoms with Gasteiger partial charge in [0.15, 0.2) is 0 Å². The number of amides is 4. The summed E-state index contributed by atoms with van der Waals surface area (Å²) in [4.78, 5) is 46.0. The van der Waals surface area contributed by atoms with Crippen molar-refractivity contribution >= 4 is 35.0 Å². The Kier molecular flexibility index (Phi) is 4.88. The van der Waals surface area contributed by atoms with Gasteiger partial charge in [0.25, 0.3) is 11.8 Å². The van der Waals surface area contributed by atoms with Gasteiger partial charge >= 0.3 is 11.8 Å². The van der Waals surface area contributed by atoms with Gasteiger partial charge in [-0.2, -0.15) is 0 Å². The van der Waals surface area contributed by atoms with Crippen molar-refractivity contribution in [3.8, 4) is 0 Å². The largest absolute Gasteiger partial charge is 0.345 e. The molecule has 112 valence electrons. The number of hydrazine groups is 1. The zero-order valence-corrected chi connectivity index (χ0v) is 11.8. The Balaban J connectivity index is 1.63. The van der Waals surface area contributed by atoms with Crippen molar-refractivity contribution in [1.82, 2.24) is 21.5 Å². The van der Waals surface area contributed by atoms with Gasteiger partial charge in [-0.25, -0.2) is 0 Å². The maximum absolute atomic E-state index is 11.6. The number of hydrogen-bond acceptors (Lipinski definition) is 5. The summed E-state index contributed by atoms with van der Waals surface area (Å²) in [6.07, 6.45) is 1.72. The van der Waals surface area contributed by atoms with Crippen molar-refractivity contribution in [3.63, 3.8) is 0 Å². The summed E-state index contributed by atoms with van der Waals surface area (Å²) in [7, 11) is 0. The van der Waals surface area contributed by atoms with Crippen LogP contribution >= 0.6 is 11.3 Å². The van der Waals surface area contributed by atoms with Gasteiger partial charge in [-0.1, -0.05) is 6.07 Å². The summed E-state index contributed by atoms with van der Waals surface area (Å²) in [5.74, 6) is -2.74. The average Bonchev–Trinajstić information content (AvgIpc) is 3.11. The predicted molar refractivity (Wildman–Crippen MR) is 74.1 cm³/mol. The molecule has 1 fully saturated rings. The van der Waals surface area contributed by atoms with Crippen molar-refractivity contribution in [2.45, 2.75) is 18.9 Å². The fourth-order valence-electron chi connectivity index (χ4n) is 1.36. The van der Waals surface area contributed by atoms with Gasteiger partial charge in [-0.15, -0.1) is 11.3 Å². The smallest absolute Gasteiger partial charge is 0.327 e. The van der Waals surface area contributed by atoms with Crippen LogP contribution in [0.2, 0.25) is 0 Å². The van der Waals surface area contributed by atoms with Crippen molar-refractivity contribution in [2.24, 2.45) is 0 Å². The highest BCUT2D eigenvalue weighted by Gasteiger charge is 2.26. The third kappa shape index (κ3) is 4.88. The summed E-state index contributed by atoms with van der Waals surface area (Å²) in [6.45, 7) is -0.304. The summed E-state index contributed by atoms with van der Waals surface area (Å²) in [5, 5.41) is 6.61. The molecular weight excluding hydrogens is 296 g/mol. The van der Waals surface area contributed by atoms with Crippen LogP contribution in [-0.2, 0) is 14.4 Å². The topological polar surface area (TPSA) is 116 Å². The van der Waals surface area contributed by atoms with Crippen LogP contribution in [0.1, 0.15) is 22.5 Å². The molecule has 1 aliphatic carbocycles. The van der Waals surface area contributed by atoms with E-state index in [9.17, 15) is 19.2 Å². The van der Waals surface area contributed by atoms with E-state index < -0.39 is 17.7 Å². The first-order valence-corrected chi connectivity index (χ1v) is 7.15. The lowest BCUT2D eigenvalue weighted by atomic mass is 10.4. The first-order valence-electron chi connectivity index (χ1n) is 6.27. The van der Waals surface area contributed by atoms with Gasteiger partial charge in [0.05, 0.1) is 11.4 Å². The predicted octanol–water partition coefficient (Wildman–Crippen LogP) is -1.10. The summed E-state index contributed by atoms with van der Waals surface area (Å²) < 4.78 is 0. The van der Waals surface area contributed by atoms with Gasteiger partial charge in [0.2, 0.25) is 0 Å². The Hall–Kier alpha value is -2.42. The molecule has 0 aromatic carbocycles. The quantitative estimate of drug-likeness (QED) is 0.417. The Morgan fingerprint density at radius 2 is 1.90 bits per heavy atom. The van der Waals surface area contributed by atoms with E-state index in [0.29, 0.717) is 4.88 Å². The zero-order chi connectivity index (χ0) is 15.2. The van der Waals surface area contributed by atoms with Crippen LogP contribution in [0.25, 0.3) is 0 Å². The van der Waals surface area contributed by atoms with E-state index in [4.69, 9.17) is 0 Å². The molecule has 0 bridgehead atoms. The van der Waals surface area contributed by atoms with Crippen molar-refractivity contribution in [3.05, 3.63) is 22.4 Å². The molecule has 2 rings (SSSR count). The number of carbonyl (C=O) groups is 4. The van der Waals surface area contributed by atoms with Crippen LogP contribution in [0.3, 0.4) is 0 Å². The molecule has 0 saturated heterocycles. The van der Waals surface area contributed by atoms with E-state index in [1.807, 2.05) is 10.9 Å². The fraction of sp³-hybridized carbons (Fsp3) is 0.333. The van der Waals surface area contributed by atoms with Crippen molar-refractivity contribution < 1.29 is 19.2 Å². The molecule has 9 heteroatoms. The highest BCUT2D eigenvalue weighted by molar-refractivity contribution is 7.12. The number of hydrogen-bond donors (Lipinski definition) is 4. The molecule has 1 aromatic heterocycles. The third-order valence-corrected chi connectivity index (χ3v) is 3.46. The molecule has 0 atom stereocenters. The van der Waals surface area contributed by atoms with E-state index in [1.54, 1.807) is 17.5 Å². The standard InChI is InChI=1S/C12H14N4O4S/c17-9(6-13-10(18)8-2-1-5-21-8)15-16-12(20)11(19)14-7-3-4-7/h1-2,5,7H,3-4,6H2,(H,13,18)(H,14,19)(H,15,17)(H,16,20). The Labute approximate surface area is 124 Å². The Bertz CT molecular complexity index is 554. The normalized spacial score (nSPS) is 13.1. The van der Waals surface area contributed by atoms with Crippen LogP contribution in [0, 0.1) is 0 Å². The second kappa shape index (κ2) is 6.84. The number of nitrogens with one attached hydrogen (secondary N) is 4. The Morgan fingerprint density at radius 3 is 2.52 bits per heavy atom. The van der Waals surface area contributed by atoms with Gasteiger partial charge < -0.3 is 10.6 Å². The van der Waals surface area contributed by atoms with E-state index in [-0.39, 0.29) is 18.5 Å². The maximum atomic E-state index is 11.6. The Morgan fingerprint density at radius 1 is 1.14 bits per heavy atom. The highest BCUT2D eigenvalue weighted by atomic mass is 32.1. The summed E-state index contributed by atoms with van der Waals surface area (Å²) >= 11 is 1.25. The highest BCUT2D eigenvalue weighted by Crippen LogP contribution is 2.18. The molecule has 21 heavy (non-hydrogen) atoms. The molecule has 0 aliphatic heterocycles. The maximum Gasteiger partial charge on any atom is 0.327 e. The second-order valence-corrected chi connectivity index (χ2v) is 5.36. The molecule has 0 unspecified atom stereocenters.